The average molecular weight is 244 g/mol. The Balaban J connectivity index is 1.84. The lowest BCUT2D eigenvalue weighted by Crippen LogP contribution is -2.68. The van der Waals surface area contributed by atoms with E-state index in [-0.39, 0.29) is 0 Å². The number of nitrogens with zero attached hydrogens (tertiary/aromatic N) is 1. The van der Waals surface area contributed by atoms with E-state index in [1.807, 2.05) is 0 Å². The lowest BCUT2D eigenvalue weighted by Gasteiger charge is -2.62. The standard InChI is InChI=1S/C16H24N2/c1-16(2)14-8-13(9-14)15(10-17)18(16)11-12-6-4-3-5-7-12/h3-7,13-15H,8-11,17H2,1-2H3. The van der Waals surface area contributed by atoms with E-state index >= 15 is 0 Å². The predicted molar refractivity (Wildman–Crippen MR) is 75.1 cm³/mol. The van der Waals surface area contributed by atoms with E-state index in [9.17, 15) is 0 Å². The minimum absolute atomic E-state index is 0.300. The third kappa shape index (κ3) is 1.79. The summed E-state index contributed by atoms with van der Waals surface area (Å²) in [5, 5.41) is 0. The fraction of sp³-hybridized carbons (Fsp3) is 0.625. The Morgan fingerprint density at radius 2 is 1.89 bits per heavy atom. The van der Waals surface area contributed by atoms with E-state index in [0.29, 0.717) is 11.6 Å². The van der Waals surface area contributed by atoms with Crippen molar-refractivity contribution in [1.82, 2.24) is 4.90 Å². The molecule has 4 rings (SSSR count). The maximum absolute atomic E-state index is 6.04. The Labute approximate surface area is 110 Å². The molecule has 0 radical (unpaired) electrons. The van der Waals surface area contributed by atoms with Gasteiger partial charge >= 0.3 is 0 Å². The van der Waals surface area contributed by atoms with E-state index in [0.717, 1.165) is 24.9 Å². The number of piperidine rings is 2. The van der Waals surface area contributed by atoms with Crippen LogP contribution in [0.2, 0.25) is 0 Å². The van der Waals surface area contributed by atoms with Crippen LogP contribution in [0.5, 0.6) is 0 Å². The van der Waals surface area contributed by atoms with E-state index in [1.54, 1.807) is 0 Å². The summed E-state index contributed by atoms with van der Waals surface area (Å²) >= 11 is 0. The second-order valence-electron chi connectivity index (χ2n) is 6.50. The van der Waals surface area contributed by atoms with Gasteiger partial charge in [0.2, 0.25) is 0 Å². The highest BCUT2D eigenvalue weighted by Crippen LogP contribution is 2.52. The van der Waals surface area contributed by atoms with Gasteiger partial charge in [-0.25, -0.2) is 0 Å². The highest BCUT2D eigenvalue weighted by atomic mass is 15.3. The predicted octanol–water partition coefficient (Wildman–Crippen LogP) is 2.63. The Morgan fingerprint density at radius 1 is 1.22 bits per heavy atom. The first kappa shape index (κ1) is 12.2. The molecule has 0 amide bonds. The number of hydrogen-bond donors (Lipinski definition) is 1. The first-order chi connectivity index (χ1) is 8.63. The minimum atomic E-state index is 0.300. The normalized spacial score (nSPS) is 34.1. The molecule has 1 unspecified atom stereocenters. The molecule has 1 saturated carbocycles. The number of hydrogen-bond acceptors (Lipinski definition) is 2. The van der Waals surface area contributed by atoms with Crippen molar-refractivity contribution >= 4 is 0 Å². The molecular formula is C16H24N2. The summed E-state index contributed by atoms with van der Waals surface area (Å²) < 4.78 is 0. The molecule has 3 aliphatic rings. The minimum Gasteiger partial charge on any atom is -0.329 e. The summed E-state index contributed by atoms with van der Waals surface area (Å²) in [7, 11) is 0. The van der Waals surface area contributed by atoms with Crippen molar-refractivity contribution < 1.29 is 0 Å². The Morgan fingerprint density at radius 3 is 2.50 bits per heavy atom. The molecule has 18 heavy (non-hydrogen) atoms. The summed E-state index contributed by atoms with van der Waals surface area (Å²) in [6.07, 6.45) is 2.78. The van der Waals surface area contributed by atoms with Crippen molar-refractivity contribution in [3.63, 3.8) is 0 Å². The highest BCUT2D eigenvalue weighted by molar-refractivity contribution is 5.17. The highest BCUT2D eigenvalue weighted by Gasteiger charge is 2.53. The lowest BCUT2D eigenvalue weighted by molar-refractivity contribution is -0.128. The number of nitrogens with two attached hydrogens (primary N) is 1. The third-order valence-electron chi connectivity index (χ3n) is 5.30. The average Bonchev–Trinajstić information content (AvgIpc) is 2.30. The summed E-state index contributed by atoms with van der Waals surface area (Å²) in [5.74, 6) is 1.71. The van der Waals surface area contributed by atoms with Crippen LogP contribution in [-0.2, 0) is 6.54 Å². The van der Waals surface area contributed by atoms with Crippen LogP contribution in [0.15, 0.2) is 30.3 Å². The summed E-state index contributed by atoms with van der Waals surface area (Å²) in [4.78, 5) is 2.66. The molecule has 0 spiro atoms. The molecule has 0 aromatic heterocycles. The first-order valence-corrected chi connectivity index (χ1v) is 7.13. The van der Waals surface area contributed by atoms with Crippen LogP contribution in [-0.4, -0.2) is 23.0 Å². The first-order valence-electron chi connectivity index (χ1n) is 7.13. The topological polar surface area (TPSA) is 29.3 Å². The Hall–Kier alpha value is -0.860. The van der Waals surface area contributed by atoms with Gasteiger partial charge in [0.1, 0.15) is 0 Å². The van der Waals surface area contributed by atoms with E-state index in [4.69, 9.17) is 5.73 Å². The lowest BCUT2D eigenvalue weighted by atomic mass is 9.58. The van der Waals surface area contributed by atoms with Crippen LogP contribution in [0, 0.1) is 11.8 Å². The molecule has 3 fully saturated rings. The number of benzene rings is 1. The van der Waals surface area contributed by atoms with Crippen LogP contribution in [0.4, 0.5) is 0 Å². The van der Waals surface area contributed by atoms with Gasteiger partial charge in [0.05, 0.1) is 0 Å². The zero-order chi connectivity index (χ0) is 12.8. The molecule has 1 aromatic carbocycles. The van der Waals surface area contributed by atoms with Crippen molar-refractivity contribution in [3.8, 4) is 0 Å². The monoisotopic (exact) mass is 244 g/mol. The summed E-state index contributed by atoms with van der Waals surface area (Å²) in [6, 6.07) is 11.4. The zero-order valence-electron chi connectivity index (χ0n) is 11.5. The van der Waals surface area contributed by atoms with Crippen LogP contribution in [0.1, 0.15) is 32.3 Å². The molecule has 2 aliphatic heterocycles. The third-order valence-corrected chi connectivity index (χ3v) is 5.30. The zero-order valence-corrected chi connectivity index (χ0v) is 11.5. The van der Waals surface area contributed by atoms with E-state index in [2.05, 4.69) is 49.1 Å². The van der Waals surface area contributed by atoms with Gasteiger partial charge in [-0.2, -0.15) is 0 Å². The molecule has 1 aromatic rings. The largest absolute Gasteiger partial charge is 0.329 e. The Bertz CT molecular complexity index is 406. The van der Waals surface area contributed by atoms with Crippen molar-refractivity contribution in [2.24, 2.45) is 17.6 Å². The van der Waals surface area contributed by atoms with Gasteiger partial charge in [-0.15, -0.1) is 0 Å². The smallest absolute Gasteiger partial charge is 0.0255 e. The Kier molecular flexibility index (Phi) is 2.95. The van der Waals surface area contributed by atoms with Gasteiger partial charge in [-0.05, 0) is 44.1 Å². The van der Waals surface area contributed by atoms with Crippen LogP contribution < -0.4 is 5.73 Å². The number of fused-ring (bicyclic) bond motifs is 2. The van der Waals surface area contributed by atoms with Crippen molar-refractivity contribution in [1.29, 1.82) is 0 Å². The fourth-order valence-electron chi connectivity index (χ4n) is 3.89. The number of rotatable bonds is 3. The van der Waals surface area contributed by atoms with Gasteiger partial charge in [-0.3, -0.25) is 4.90 Å². The molecule has 2 bridgehead atoms. The van der Waals surface area contributed by atoms with Gasteiger partial charge in [0.15, 0.2) is 0 Å². The molecule has 1 aliphatic carbocycles. The molecule has 2 N–H and O–H groups in total. The molecule has 2 saturated heterocycles. The molecule has 2 heteroatoms. The molecule has 2 heterocycles. The van der Waals surface area contributed by atoms with Gasteiger partial charge < -0.3 is 5.73 Å². The molecule has 2 nitrogen and oxygen atoms in total. The molecule has 98 valence electrons. The van der Waals surface area contributed by atoms with Crippen molar-refractivity contribution in [3.05, 3.63) is 35.9 Å². The SMILES string of the molecule is CC1(C)C2CC(C2)C(CN)N1Cc1ccccc1. The second-order valence-corrected chi connectivity index (χ2v) is 6.50. The summed E-state index contributed by atoms with van der Waals surface area (Å²) in [6.45, 7) is 6.65. The maximum atomic E-state index is 6.04. The van der Waals surface area contributed by atoms with E-state index in [1.165, 1.54) is 18.4 Å². The molecule has 1 atom stereocenters. The second kappa shape index (κ2) is 4.36. The maximum Gasteiger partial charge on any atom is 0.0255 e. The molecular weight excluding hydrogens is 220 g/mol. The fourth-order valence-corrected chi connectivity index (χ4v) is 3.89. The van der Waals surface area contributed by atoms with E-state index < -0.39 is 0 Å². The van der Waals surface area contributed by atoms with Crippen LogP contribution >= 0.6 is 0 Å². The van der Waals surface area contributed by atoms with Gasteiger partial charge in [-0.1, -0.05) is 30.3 Å². The van der Waals surface area contributed by atoms with Crippen LogP contribution in [0.3, 0.4) is 0 Å². The van der Waals surface area contributed by atoms with Crippen molar-refractivity contribution in [2.45, 2.75) is 44.8 Å². The van der Waals surface area contributed by atoms with Gasteiger partial charge in [0, 0.05) is 24.7 Å². The quantitative estimate of drug-likeness (QED) is 0.885. The van der Waals surface area contributed by atoms with Crippen LogP contribution in [0.25, 0.3) is 0 Å². The van der Waals surface area contributed by atoms with Crippen molar-refractivity contribution in [2.75, 3.05) is 6.54 Å². The van der Waals surface area contributed by atoms with Gasteiger partial charge in [0.25, 0.3) is 0 Å². The summed E-state index contributed by atoms with van der Waals surface area (Å²) in [5.41, 5.74) is 7.75.